The summed E-state index contributed by atoms with van der Waals surface area (Å²) in [5.74, 6) is -0.433. The molecule has 5 heteroatoms. The van der Waals surface area contributed by atoms with Crippen molar-refractivity contribution in [1.29, 1.82) is 0 Å². The van der Waals surface area contributed by atoms with Crippen LogP contribution >= 0.6 is 22.6 Å². The number of anilines is 3. The lowest BCUT2D eigenvalue weighted by atomic mass is 10.1. The molecule has 0 heterocycles. The molecule has 3 N–H and O–H groups in total. The predicted octanol–water partition coefficient (Wildman–Crippen LogP) is 3.71. The van der Waals surface area contributed by atoms with E-state index in [1.807, 2.05) is 37.3 Å². The van der Waals surface area contributed by atoms with E-state index in [1.54, 1.807) is 6.07 Å². The van der Waals surface area contributed by atoms with E-state index in [9.17, 15) is 4.79 Å². The van der Waals surface area contributed by atoms with E-state index < -0.39 is 5.97 Å². The van der Waals surface area contributed by atoms with Gasteiger partial charge in [0.25, 0.3) is 0 Å². The molecular weight excluding hydrogens is 367 g/mol. The molecule has 0 aliphatic carbocycles. The Morgan fingerprint density at radius 1 is 1.25 bits per heavy atom. The van der Waals surface area contributed by atoms with E-state index >= 15 is 0 Å². The summed E-state index contributed by atoms with van der Waals surface area (Å²) in [6.45, 7) is 1.86. The van der Waals surface area contributed by atoms with Crippen molar-refractivity contribution < 1.29 is 9.53 Å². The predicted molar refractivity (Wildman–Crippen MR) is 89.4 cm³/mol. The van der Waals surface area contributed by atoms with Crippen molar-refractivity contribution in [3.8, 4) is 0 Å². The van der Waals surface area contributed by atoms with Crippen LogP contribution in [0, 0.1) is 10.5 Å². The Bertz CT molecular complexity index is 656. The molecule has 20 heavy (non-hydrogen) atoms. The van der Waals surface area contributed by atoms with Gasteiger partial charge in [0, 0.05) is 20.6 Å². The molecule has 0 saturated heterocycles. The largest absolute Gasteiger partial charge is 0.465 e. The first-order valence-electron chi connectivity index (χ1n) is 6.02. The fourth-order valence-electron chi connectivity index (χ4n) is 1.88. The van der Waals surface area contributed by atoms with Gasteiger partial charge in [-0.25, -0.2) is 4.79 Å². The smallest absolute Gasteiger partial charge is 0.340 e. The van der Waals surface area contributed by atoms with Gasteiger partial charge in [-0.2, -0.15) is 0 Å². The maximum Gasteiger partial charge on any atom is 0.340 e. The van der Waals surface area contributed by atoms with Gasteiger partial charge in [0.2, 0.25) is 0 Å². The lowest BCUT2D eigenvalue weighted by Crippen LogP contribution is -2.08. The second-order valence-electron chi connectivity index (χ2n) is 4.38. The number of ether oxygens (including phenoxy) is 1. The molecular formula is C15H15IN2O2. The van der Waals surface area contributed by atoms with Gasteiger partial charge in [-0.05, 0) is 65.4 Å². The number of halogens is 1. The maximum atomic E-state index is 11.7. The van der Waals surface area contributed by atoms with E-state index in [2.05, 4.69) is 27.9 Å². The topological polar surface area (TPSA) is 64.3 Å². The SMILES string of the molecule is COC(=O)c1cc(Nc2cccc(I)c2)cc(C)c1N. The third-order valence-corrected chi connectivity index (χ3v) is 3.58. The van der Waals surface area contributed by atoms with Crippen molar-refractivity contribution >= 4 is 45.6 Å². The second-order valence-corrected chi connectivity index (χ2v) is 5.63. The summed E-state index contributed by atoms with van der Waals surface area (Å²) in [6, 6.07) is 11.6. The normalized spacial score (nSPS) is 10.2. The van der Waals surface area contributed by atoms with Crippen molar-refractivity contribution in [2.45, 2.75) is 6.92 Å². The Morgan fingerprint density at radius 3 is 2.65 bits per heavy atom. The van der Waals surface area contributed by atoms with Crippen LogP contribution in [0.1, 0.15) is 15.9 Å². The Kier molecular flexibility index (Phi) is 4.49. The Morgan fingerprint density at radius 2 is 2.00 bits per heavy atom. The van der Waals surface area contributed by atoms with Crippen molar-refractivity contribution in [1.82, 2.24) is 0 Å². The number of carbonyl (C=O) groups is 1. The molecule has 2 aromatic carbocycles. The van der Waals surface area contributed by atoms with E-state index in [0.717, 1.165) is 20.5 Å². The van der Waals surface area contributed by atoms with Gasteiger partial charge in [0.15, 0.2) is 0 Å². The highest BCUT2D eigenvalue weighted by Gasteiger charge is 2.13. The summed E-state index contributed by atoms with van der Waals surface area (Å²) < 4.78 is 5.88. The van der Waals surface area contributed by atoms with E-state index in [4.69, 9.17) is 10.5 Å². The van der Waals surface area contributed by atoms with Crippen molar-refractivity contribution in [3.63, 3.8) is 0 Å². The molecule has 0 aliphatic heterocycles. The van der Waals surface area contributed by atoms with Crippen LogP contribution in [0.15, 0.2) is 36.4 Å². The first-order valence-corrected chi connectivity index (χ1v) is 7.10. The van der Waals surface area contributed by atoms with Crippen LogP contribution < -0.4 is 11.1 Å². The monoisotopic (exact) mass is 382 g/mol. The highest BCUT2D eigenvalue weighted by atomic mass is 127. The van der Waals surface area contributed by atoms with Crippen LogP contribution in [0.5, 0.6) is 0 Å². The summed E-state index contributed by atoms with van der Waals surface area (Å²) in [4.78, 5) is 11.7. The number of benzene rings is 2. The lowest BCUT2D eigenvalue weighted by Gasteiger charge is -2.12. The zero-order valence-corrected chi connectivity index (χ0v) is 13.4. The molecule has 0 amide bonds. The minimum Gasteiger partial charge on any atom is -0.465 e. The minimum absolute atomic E-state index is 0.376. The first-order chi connectivity index (χ1) is 9.51. The van der Waals surface area contributed by atoms with Crippen molar-refractivity contribution in [2.24, 2.45) is 0 Å². The fraction of sp³-hybridized carbons (Fsp3) is 0.133. The molecule has 2 aromatic rings. The highest BCUT2D eigenvalue weighted by Crippen LogP contribution is 2.26. The van der Waals surface area contributed by atoms with Gasteiger partial charge in [-0.15, -0.1) is 0 Å². The third-order valence-electron chi connectivity index (χ3n) is 2.91. The fourth-order valence-corrected chi connectivity index (χ4v) is 2.43. The number of hydrogen-bond acceptors (Lipinski definition) is 4. The summed E-state index contributed by atoms with van der Waals surface area (Å²) in [7, 11) is 1.34. The molecule has 0 unspecified atom stereocenters. The number of nitrogen functional groups attached to an aromatic ring is 1. The number of methoxy groups -OCH3 is 1. The minimum atomic E-state index is -0.433. The number of nitrogens with one attached hydrogen (secondary N) is 1. The average Bonchev–Trinajstić information content (AvgIpc) is 2.42. The van der Waals surface area contributed by atoms with Gasteiger partial charge < -0.3 is 15.8 Å². The van der Waals surface area contributed by atoms with Gasteiger partial charge in [0.1, 0.15) is 0 Å². The first kappa shape index (κ1) is 14.6. The van der Waals surface area contributed by atoms with Crippen molar-refractivity contribution in [3.05, 3.63) is 51.1 Å². The number of hydrogen-bond donors (Lipinski definition) is 2. The van der Waals surface area contributed by atoms with Crippen molar-refractivity contribution in [2.75, 3.05) is 18.2 Å². The molecule has 0 fully saturated rings. The molecule has 104 valence electrons. The van der Waals surface area contributed by atoms with Gasteiger partial charge in [0.05, 0.1) is 12.7 Å². The molecule has 4 nitrogen and oxygen atoms in total. The average molecular weight is 382 g/mol. The Hall–Kier alpha value is -1.76. The Labute approximate surface area is 131 Å². The third kappa shape index (κ3) is 3.22. The molecule has 0 aromatic heterocycles. The summed E-state index contributed by atoms with van der Waals surface area (Å²) >= 11 is 2.25. The quantitative estimate of drug-likeness (QED) is 0.483. The van der Waals surface area contributed by atoms with Crippen LogP contribution in [-0.2, 0) is 4.74 Å². The molecule has 0 atom stereocenters. The maximum absolute atomic E-state index is 11.7. The molecule has 0 bridgehead atoms. The molecule has 0 spiro atoms. The summed E-state index contributed by atoms with van der Waals surface area (Å²) in [5.41, 5.74) is 9.33. The molecule has 0 saturated carbocycles. The molecule has 2 rings (SSSR count). The van der Waals surface area contributed by atoms with Crippen LogP contribution in [0.2, 0.25) is 0 Å². The number of nitrogens with two attached hydrogens (primary N) is 1. The standard InChI is InChI=1S/C15H15IN2O2/c1-9-6-12(8-13(14(9)17)15(19)20-2)18-11-5-3-4-10(16)7-11/h3-8,18H,17H2,1-2H3. The second kappa shape index (κ2) is 6.13. The summed E-state index contributed by atoms with van der Waals surface area (Å²) in [6.07, 6.45) is 0. The molecule has 0 radical (unpaired) electrons. The number of esters is 1. The van der Waals surface area contributed by atoms with E-state index in [0.29, 0.717) is 11.3 Å². The van der Waals surface area contributed by atoms with Gasteiger partial charge in [-0.3, -0.25) is 0 Å². The molecule has 0 aliphatic rings. The number of carbonyl (C=O) groups excluding carboxylic acids is 1. The van der Waals surface area contributed by atoms with Crippen LogP contribution in [0.4, 0.5) is 17.1 Å². The van der Waals surface area contributed by atoms with E-state index in [-0.39, 0.29) is 0 Å². The highest BCUT2D eigenvalue weighted by molar-refractivity contribution is 14.1. The van der Waals surface area contributed by atoms with Gasteiger partial charge in [-0.1, -0.05) is 6.07 Å². The van der Waals surface area contributed by atoms with Crippen LogP contribution in [-0.4, -0.2) is 13.1 Å². The number of rotatable bonds is 3. The zero-order chi connectivity index (χ0) is 14.7. The lowest BCUT2D eigenvalue weighted by molar-refractivity contribution is 0.0602. The number of aryl methyl sites for hydroxylation is 1. The van der Waals surface area contributed by atoms with Crippen LogP contribution in [0.25, 0.3) is 0 Å². The summed E-state index contributed by atoms with van der Waals surface area (Å²) in [5, 5.41) is 3.26. The van der Waals surface area contributed by atoms with Gasteiger partial charge >= 0.3 is 5.97 Å². The Balaban J connectivity index is 2.38. The zero-order valence-electron chi connectivity index (χ0n) is 11.2. The van der Waals surface area contributed by atoms with Crippen LogP contribution in [0.3, 0.4) is 0 Å². The van der Waals surface area contributed by atoms with E-state index in [1.165, 1.54) is 7.11 Å².